The van der Waals surface area contributed by atoms with Gasteiger partial charge in [0.1, 0.15) is 5.75 Å². The minimum Gasteiger partial charge on any atom is -0.497 e. The first-order valence-corrected chi connectivity index (χ1v) is 9.00. The second kappa shape index (κ2) is 12.6. The van der Waals surface area contributed by atoms with Gasteiger partial charge in [-0.2, -0.15) is 0 Å². The molecule has 0 spiro atoms. The second-order valence-corrected chi connectivity index (χ2v) is 6.03. The minimum absolute atomic E-state index is 0.237. The summed E-state index contributed by atoms with van der Waals surface area (Å²) in [6.45, 7) is 2.54. The Hall–Kier alpha value is -1.84. The summed E-state index contributed by atoms with van der Waals surface area (Å²) in [4.78, 5) is 23.4. The molecule has 0 saturated heterocycles. The first kappa shape index (κ1) is 20.2. The van der Waals surface area contributed by atoms with Crippen molar-refractivity contribution < 1.29 is 19.1 Å². The highest BCUT2D eigenvalue weighted by Crippen LogP contribution is 2.13. The molecular weight excluding hydrogens is 304 g/mol. The Morgan fingerprint density at radius 1 is 0.917 bits per heavy atom. The third kappa shape index (κ3) is 8.70. The molecule has 0 radical (unpaired) electrons. The summed E-state index contributed by atoms with van der Waals surface area (Å²) in [7, 11) is 1.63. The summed E-state index contributed by atoms with van der Waals surface area (Å²) in [6.07, 6.45) is 8.43. The fraction of sp³-hybridized carbons (Fsp3) is 0.600. The zero-order valence-corrected chi connectivity index (χ0v) is 15.0. The van der Waals surface area contributed by atoms with Crippen LogP contribution in [0.2, 0.25) is 0 Å². The number of ketones is 1. The van der Waals surface area contributed by atoms with E-state index in [2.05, 4.69) is 6.92 Å². The Morgan fingerprint density at radius 2 is 1.58 bits per heavy atom. The van der Waals surface area contributed by atoms with Gasteiger partial charge in [-0.3, -0.25) is 4.79 Å². The van der Waals surface area contributed by atoms with Crippen molar-refractivity contribution >= 4 is 11.8 Å². The van der Waals surface area contributed by atoms with Crippen LogP contribution in [0.3, 0.4) is 0 Å². The minimum atomic E-state index is -0.682. The molecule has 0 N–H and O–H groups in total. The van der Waals surface area contributed by atoms with Gasteiger partial charge < -0.3 is 9.47 Å². The Balaban J connectivity index is 2.09. The molecule has 0 unspecified atom stereocenters. The second-order valence-electron chi connectivity index (χ2n) is 6.03. The van der Waals surface area contributed by atoms with Crippen LogP contribution in [0.5, 0.6) is 5.75 Å². The van der Waals surface area contributed by atoms with Gasteiger partial charge in [0.25, 0.3) is 0 Å². The number of benzene rings is 1. The number of esters is 1. The summed E-state index contributed by atoms with van der Waals surface area (Å²) in [5.74, 6) is -0.291. The van der Waals surface area contributed by atoms with Crippen molar-refractivity contribution in [2.45, 2.75) is 64.7 Å². The molecule has 1 aromatic carbocycles. The summed E-state index contributed by atoms with van der Waals surface area (Å²) < 4.78 is 10.1. The Kier molecular flexibility index (Phi) is 10.6. The third-order valence-electron chi connectivity index (χ3n) is 3.99. The Morgan fingerprint density at radius 3 is 2.25 bits per heavy atom. The van der Waals surface area contributed by atoms with Gasteiger partial charge in [-0.1, -0.05) is 51.2 Å². The number of rotatable bonds is 13. The smallest absolute Gasteiger partial charge is 0.374 e. The van der Waals surface area contributed by atoms with Gasteiger partial charge in [-0.05, 0) is 37.0 Å². The lowest BCUT2D eigenvalue weighted by molar-refractivity contribution is -0.154. The predicted molar refractivity (Wildman–Crippen MR) is 95.3 cm³/mol. The molecule has 0 aliphatic carbocycles. The highest BCUT2D eigenvalue weighted by Gasteiger charge is 2.14. The molecule has 0 bridgehead atoms. The zero-order valence-electron chi connectivity index (χ0n) is 15.0. The molecule has 0 heterocycles. The van der Waals surface area contributed by atoms with Gasteiger partial charge in [0.2, 0.25) is 5.78 Å². The van der Waals surface area contributed by atoms with Crippen LogP contribution in [0.1, 0.15) is 63.9 Å². The van der Waals surface area contributed by atoms with E-state index in [0.29, 0.717) is 13.0 Å². The van der Waals surface area contributed by atoms with Crippen LogP contribution < -0.4 is 4.74 Å². The molecule has 1 aromatic rings. The summed E-state index contributed by atoms with van der Waals surface area (Å²) in [5, 5.41) is 0. The normalized spacial score (nSPS) is 10.4. The van der Waals surface area contributed by atoms with E-state index in [9.17, 15) is 9.59 Å². The van der Waals surface area contributed by atoms with E-state index in [4.69, 9.17) is 9.47 Å². The van der Waals surface area contributed by atoms with Crippen LogP contribution in [0.25, 0.3) is 0 Å². The molecule has 1 rings (SSSR count). The number of hydrogen-bond acceptors (Lipinski definition) is 4. The predicted octanol–water partition coefficient (Wildman–Crippen LogP) is 4.49. The lowest BCUT2D eigenvalue weighted by Gasteiger charge is -2.05. The topological polar surface area (TPSA) is 52.6 Å². The number of unbranched alkanes of at least 4 members (excludes halogenated alkanes) is 5. The fourth-order valence-electron chi connectivity index (χ4n) is 2.48. The average Bonchev–Trinajstić information content (AvgIpc) is 2.61. The van der Waals surface area contributed by atoms with Gasteiger partial charge in [0.05, 0.1) is 13.7 Å². The van der Waals surface area contributed by atoms with Crippen LogP contribution in [0, 0.1) is 0 Å². The number of aryl methyl sites for hydroxylation is 1. The van der Waals surface area contributed by atoms with Crippen molar-refractivity contribution in [3.8, 4) is 5.75 Å². The maximum absolute atomic E-state index is 11.7. The fourth-order valence-corrected chi connectivity index (χ4v) is 2.48. The number of carbonyl (C=O) groups is 2. The first-order valence-electron chi connectivity index (χ1n) is 9.00. The van der Waals surface area contributed by atoms with Gasteiger partial charge in [-0.15, -0.1) is 0 Å². The summed E-state index contributed by atoms with van der Waals surface area (Å²) in [5.41, 5.74) is 1.13. The molecule has 0 aromatic heterocycles. The number of hydrogen-bond donors (Lipinski definition) is 0. The Bertz CT molecular complexity index is 479. The summed E-state index contributed by atoms with van der Waals surface area (Å²) in [6, 6.07) is 7.73. The van der Waals surface area contributed by atoms with E-state index in [1.165, 1.54) is 25.7 Å². The number of carbonyl (C=O) groups excluding carboxylic acids is 2. The van der Waals surface area contributed by atoms with Crippen LogP contribution in [-0.2, 0) is 20.7 Å². The quantitative estimate of drug-likeness (QED) is 0.303. The first-order chi connectivity index (χ1) is 11.7. The summed E-state index contributed by atoms with van der Waals surface area (Å²) >= 11 is 0. The van der Waals surface area contributed by atoms with Gasteiger partial charge in [0, 0.05) is 6.42 Å². The number of ether oxygens (including phenoxy) is 2. The van der Waals surface area contributed by atoms with Crippen molar-refractivity contribution in [3.05, 3.63) is 29.8 Å². The van der Waals surface area contributed by atoms with Gasteiger partial charge >= 0.3 is 5.97 Å². The average molecular weight is 334 g/mol. The lowest BCUT2D eigenvalue weighted by atomic mass is 10.1. The molecule has 4 heteroatoms. The molecule has 0 fully saturated rings. The van der Waals surface area contributed by atoms with Crippen molar-refractivity contribution in [2.75, 3.05) is 13.7 Å². The van der Waals surface area contributed by atoms with E-state index >= 15 is 0 Å². The maximum atomic E-state index is 11.7. The standard InChI is InChI=1S/C20H30O4/c1-3-4-5-6-7-8-16-24-20(22)19(21)11-9-10-17-12-14-18(23-2)15-13-17/h12-15H,3-11,16H2,1-2H3. The van der Waals surface area contributed by atoms with Crippen molar-refractivity contribution in [1.82, 2.24) is 0 Å². The highest BCUT2D eigenvalue weighted by atomic mass is 16.5. The van der Waals surface area contributed by atoms with Crippen LogP contribution in [-0.4, -0.2) is 25.5 Å². The van der Waals surface area contributed by atoms with Crippen molar-refractivity contribution in [2.24, 2.45) is 0 Å². The number of Topliss-reactive ketones (excluding diaryl/α,β-unsaturated/α-hetero) is 1. The third-order valence-corrected chi connectivity index (χ3v) is 3.99. The molecule has 24 heavy (non-hydrogen) atoms. The van der Waals surface area contributed by atoms with Crippen molar-refractivity contribution in [1.29, 1.82) is 0 Å². The molecule has 134 valence electrons. The molecule has 0 saturated carbocycles. The molecule has 0 atom stereocenters. The van der Waals surface area contributed by atoms with E-state index in [1.54, 1.807) is 7.11 Å². The SMILES string of the molecule is CCCCCCCCOC(=O)C(=O)CCCc1ccc(OC)cc1. The molecule has 0 aliphatic rings. The lowest BCUT2D eigenvalue weighted by Crippen LogP contribution is -2.18. The zero-order chi connectivity index (χ0) is 17.6. The van der Waals surface area contributed by atoms with E-state index in [0.717, 1.165) is 30.6 Å². The monoisotopic (exact) mass is 334 g/mol. The molecule has 4 nitrogen and oxygen atoms in total. The molecule has 0 amide bonds. The molecule has 0 aliphatic heterocycles. The van der Waals surface area contributed by atoms with Crippen LogP contribution >= 0.6 is 0 Å². The van der Waals surface area contributed by atoms with E-state index in [-0.39, 0.29) is 6.42 Å². The highest BCUT2D eigenvalue weighted by molar-refractivity contribution is 6.33. The molecular formula is C20H30O4. The van der Waals surface area contributed by atoms with Crippen LogP contribution in [0.4, 0.5) is 0 Å². The van der Waals surface area contributed by atoms with Gasteiger partial charge in [0.15, 0.2) is 0 Å². The number of methoxy groups -OCH3 is 1. The van der Waals surface area contributed by atoms with E-state index < -0.39 is 11.8 Å². The maximum Gasteiger partial charge on any atom is 0.374 e. The van der Waals surface area contributed by atoms with E-state index in [1.807, 2.05) is 24.3 Å². The van der Waals surface area contributed by atoms with Crippen LogP contribution in [0.15, 0.2) is 24.3 Å². The Labute approximate surface area is 145 Å². The van der Waals surface area contributed by atoms with Crippen molar-refractivity contribution in [3.63, 3.8) is 0 Å². The van der Waals surface area contributed by atoms with Gasteiger partial charge in [-0.25, -0.2) is 4.79 Å². The largest absolute Gasteiger partial charge is 0.497 e.